The maximum Gasteiger partial charge on any atom is 0.416 e. The number of nitrogens with one attached hydrogen (secondary N) is 2. The van der Waals surface area contributed by atoms with Crippen LogP contribution in [0.25, 0.3) is 0 Å². The Morgan fingerprint density at radius 2 is 1.94 bits per heavy atom. The van der Waals surface area contributed by atoms with E-state index in [1.165, 1.54) is 18.3 Å². The average Bonchev–Trinajstić information content (AvgIpc) is 2.84. The van der Waals surface area contributed by atoms with Gasteiger partial charge in [0.1, 0.15) is 5.82 Å². The summed E-state index contributed by atoms with van der Waals surface area (Å²) in [6.07, 6.45) is 0.514. The Labute approximate surface area is 202 Å². The summed E-state index contributed by atoms with van der Waals surface area (Å²) in [5, 5.41) is 5.69. The largest absolute Gasteiger partial charge is 0.416 e. The summed E-state index contributed by atoms with van der Waals surface area (Å²) in [6.45, 7) is 4.03. The number of carbonyl (C=O) groups excluding carboxylic acids is 2. The summed E-state index contributed by atoms with van der Waals surface area (Å²) in [7, 11) is 0. The minimum Gasteiger partial charge on any atom is -0.376 e. The van der Waals surface area contributed by atoms with Crippen LogP contribution in [-0.4, -0.2) is 54.0 Å². The van der Waals surface area contributed by atoms with E-state index in [2.05, 4.69) is 15.6 Å². The van der Waals surface area contributed by atoms with Crippen molar-refractivity contribution >= 4 is 23.3 Å². The number of nitrogens with zero attached hydrogens (tertiary/aromatic N) is 2. The minimum absolute atomic E-state index is 0.0951. The van der Waals surface area contributed by atoms with Gasteiger partial charge in [-0.2, -0.15) is 13.2 Å². The molecule has 3 heterocycles. The molecule has 0 saturated carbocycles. The number of alkyl halides is 3. The van der Waals surface area contributed by atoms with Crippen molar-refractivity contribution < 1.29 is 27.5 Å². The first-order chi connectivity index (χ1) is 16.7. The topological polar surface area (TPSA) is 83.6 Å². The van der Waals surface area contributed by atoms with Gasteiger partial charge in [0.25, 0.3) is 5.91 Å². The average molecular weight is 491 g/mol. The van der Waals surface area contributed by atoms with E-state index < -0.39 is 11.7 Å². The third-order valence-electron chi connectivity index (χ3n) is 6.89. The summed E-state index contributed by atoms with van der Waals surface area (Å²) in [6, 6.07) is 7.91. The van der Waals surface area contributed by atoms with Gasteiger partial charge in [-0.15, -0.1) is 0 Å². The first-order valence-electron chi connectivity index (χ1n) is 11.7. The highest BCUT2D eigenvalue weighted by Crippen LogP contribution is 2.40. The summed E-state index contributed by atoms with van der Waals surface area (Å²) in [4.78, 5) is 30.4. The number of ether oxygens (including phenoxy) is 1. The van der Waals surface area contributed by atoms with Crippen molar-refractivity contribution in [1.29, 1.82) is 0 Å². The summed E-state index contributed by atoms with van der Waals surface area (Å²) < 4.78 is 45.1. The maximum atomic E-state index is 13.0. The minimum atomic E-state index is -4.47. The molecule has 10 heteroatoms. The lowest BCUT2D eigenvalue weighted by atomic mass is 9.73. The van der Waals surface area contributed by atoms with Gasteiger partial charge in [-0.05, 0) is 61.4 Å². The quantitative estimate of drug-likeness (QED) is 0.650. The number of benzene rings is 1. The fourth-order valence-electron chi connectivity index (χ4n) is 4.67. The lowest BCUT2D eigenvalue weighted by Gasteiger charge is -2.45. The van der Waals surface area contributed by atoms with Gasteiger partial charge in [0.2, 0.25) is 5.91 Å². The monoisotopic (exact) mass is 490 g/mol. The lowest BCUT2D eigenvalue weighted by molar-refractivity contribution is -0.137. The molecule has 1 atom stereocenters. The second kappa shape index (κ2) is 10.2. The van der Waals surface area contributed by atoms with E-state index in [0.717, 1.165) is 50.9 Å². The number of rotatable bonds is 5. The van der Waals surface area contributed by atoms with Crippen molar-refractivity contribution in [2.75, 3.05) is 31.6 Å². The molecule has 2 aromatic rings. The molecule has 1 aromatic heterocycles. The summed E-state index contributed by atoms with van der Waals surface area (Å²) in [5.41, 5.74) is -0.278. The number of piperidine rings is 1. The van der Waals surface area contributed by atoms with E-state index in [-0.39, 0.29) is 40.4 Å². The van der Waals surface area contributed by atoms with Crippen LogP contribution >= 0.6 is 0 Å². The molecule has 2 amide bonds. The van der Waals surface area contributed by atoms with Crippen molar-refractivity contribution in [2.24, 2.45) is 5.41 Å². The van der Waals surface area contributed by atoms with Gasteiger partial charge in [-0.25, -0.2) is 4.98 Å². The highest BCUT2D eigenvalue weighted by Gasteiger charge is 2.39. The molecule has 2 saturated heterocycles. The van der Waals surface area contributed by atoms with Crippen LogP contribution < -0.4 is 10.6 Å². The van der Waals surface area contributed by atoms with E-state index in [0.29, 0.717) is 13.2 Å². The Kier molecular flexibility index (Phi) is 7.30. The predicted molar refractivity (Wildman–Crippen MR) is 124 cm³/mol. The van der Waals surface area contributed by atoms with Crippen molar-refractivity contribution in [1.82, 2.24) is 15.2 Å². The zero-order chi connectivity index (χ0) is 25.1. The van der Waals surface area contributed by atoms with Crippen LogP contribution in [0.15, 0.2) is 42.6 Å². The fraction of sp³-hybridized carbons (Fsp3) is 0.480. The highest BCUT2D eigenvalue weighted by molar-refractivity contribution is 5.99. The van der Waals surface area contributed by atoms with Crippen LogP contribution in [0.2, 0.25) is 0 Å². The van der Waals surface area contributed by atoms with Gasteiger partial charge in [0.15, 0.2) is 0 Å². The number of hydrogen-bond donors (Lipinski definition) is 2. The summed E-state index contributed by atoms with van der Waals surface area (Å²) in [5.74, 6) is -0.106. The molecule has 0 bridgehead atoms. The Hall–Kier alpha value is -3.14. The normalized spacial score (nSPS) is 19.9. The molecule has 0 radical (unpaired) electrons. The second-order valence-electron chi connectivity index (χ2n) is 9.29. The van der Waals surface area contributed by atoms with Crippen molar-refractivity contribution in [3.8, 4) is 0 Å². The van der Waals surface area contributed by atoms with Gasteiger partial charge in [-0.3, -0.25) is 9.59 Å². The van der Waals surface area contributed by atoms with E-state index in [1.807, 2.05) is 4.90 Å². The molecule has 1 unspecified atom stereocenters. The predicted octanol–water partition coefficient (Wildman–Crippen LogP) is 4.38. The Morgan fingerprint density at radius 1 is 1.17 bits per heavy atom. The molecule has 4 rings (SSSR count). The molecule has 2 aliphatic rings. The van der Waals surface area contributed by atoms with Gasteiger partial charge in [-0.1, -0.05) is 6.07 Å². The van der Waals surface area contributed by atoms with Crippen molar-refractivity contribution in [3.63, 3.8) is 0 Å². The van der Waals surface area contributed by atoms with Gasteiger partial charge >= 0.3 is 6.18 Å². The number of pyridine rings is 1. The van der Waals surface area contributed by atoms with Crippen LogP contribution in [0.3, 0.4) is 0 Å². The third-order valence-corrected chi connectivity index (χ3v) is 6.89. The highest BCUT2D eigenvalue weighted by atomic mass is 19.4. The van der Waals surface area contributed by atoms with Gasteiger partial charge in [0.05, 0.1) is 23.8 Å². The number of likely N-dealkylation sites (tertiary alicyclic amines) is 1. The molecule has 2 fully saturated rings. The summed E-state index contributed by atoms with van der Waals surface area (Å²) >= 11 is 0. The number of hydrogen-bond acceptors (Lipinski definition) is 5. The molecule has 7 nitrogen and oxygen atoms in total. The first kappa shape index (κ1) is 25.0. The number of halogens is 3. The van der Waals surface area contributed by atoms with E-state index in [9.17, 15) is 22.8 Å². The Balaban J connectivity index is 1.32. The maximum absolute atomic E-state index is 13.0. The van der Waals surface area contributed by atoms with Gasteiger partial charge in [0, 0.05) is 38.4 Å². The van der Waals surface area contributed by atoms with E-state index >= 15 is 0 Å². The molecular formula is C25H29F3N4O3. The molecule has 0 aliphatic carbocycles. The Morgan fingerprint density at radius 3 is 2.60 bits per heavy atom. The second-order valence-corrected chi connectivity index (χ2v) is 9.29. The van der Waals surface area contributed by atoms with Gasteiger partial charge < -0.3 is 20.3 Å². The Bertz CT molecular complexity index is 1060. The third kappa shape index (κ3) is 6.11. The standard InChI is InChI=1S/C25H29F3N4O3/c1-17(33)32-12-9-24(10-13-32)8-7-20(35-16-24)15-30-23(34)21-6-3-11-29-22(21)31-19-5-2-4-18(14-19)25(26,27)28/h2-6,11,14,20H,7-10,12-13,15-16H2,1H3,(H,29,31)(H,30,34). The zero-order valence-corrected chi connectivity index (χ0v) is 19.5. The van der Waals surface area contributed by atoms with Crippen molar-refractivity contribution in [2.45, 2.75) is 44.9 Å². The number of carbonyl (C=O) groups is 2. The van der Waals surface area contributed by atoms with Crippen LogP contribution in [0.1, 0.15) is 48.5 Å². The number of anilines is 2. The number of aromatic nitrogens is 1. The number of amides is 2. The molecule has 1 aromatic carbocycles. The van der Waals surface area contributed by atoms with Crippen LogP contribution in [-0.2, 0) is 15.7 Å². The van der Waals surface area contributed by atoms with E-state index in [1.54, 1.807) is 19.1 Å². The molecule has 2 aliphatic heterocycles. The molecular weight excluding hydrogens is 461 g/mol. The fourth-order valence-corrected chi connectivity index (χ4v) is 4.67. The molecule has 35 heavy (non-hydrogen) atoms. The van der Waals surface area contributed by atoms with Crippen molar-refractivity contribution in [3.05, 3.63) is 53.7 Å². The van der Waals surface area contributed by atoms with E-state index in [4.69, 9.17) is 4.74 Å². The van der Waals surface area contributed by atoms with Crippen LogP contribution in [0.5, 0.6) is 0 Å². The van der Waals surface area contributed by atoms with Crippen LogP contribution in [0, 0.1) is 5.41 Å². The zero-order valence-electron chi connectivity index (χ0n) is 19.5. The molecule has 1 spiro atoms. The first-order valence-corrected chi connectivity index (χ1v) is 11.7. The van der Waals surface area contributed by atoms with Crippen LogP contribution in [0.4, 0.5) is 24.7 Å². The molecule has 188 valence electrons. The lowest BCUT2D eigenvalue weighted by Crippen LogP contribution is -2.48. The SMILES string of the molecule is CC(=O)N1CCC2(CCC(CNC(=O)c3cccnc3Nc3cccc(C(F)(F)F)c3)OC2)CC1. The molecule has 2 N–H and O–H groups in total. The smallest absolute Gasteiger partial charge is 0.376 e.